The van der Waals surface area contributed by atoms with Gasteiger partial charge in [0.1, 0.15) is 0 Å². The van der Waals surface area contributed by atoms with Crippen LogP contribution in [0.4, 0.5) is 0 Å². The highest BCUT2D eigenvalue weighted by Gasteiger charge is 2.34. The Hall–Kier alpha value is -0.570. The minimum absolute atomic E-state index is 0.425. The third-order valence-electron chi connectivity index (χ3n) is 2.86. The molecule has 0 radical (unpaired) electrons. The molecular weight excluding hydrogens is 204 g/mol. The first-order chi connectivity index (χ1) is 7.60. The van der Waals surface area contributed by atoms with Gasteiger partial charge in [-0.15, -0.1) is 0 Å². The van der Waals surface area contributed by atoms with Gasteiger partial charge in [-0.1, -0.05) is 46.5 Å². The Balaban J connectivity index is 3.84. The summed E-state index contributed by atoms with van der Waals surface area (Å²) in [4.78, 5) is 11.6. The van der Waals surface area contributed by atoms with E-state index in [0.717, 1.165) is 19.3 Å². The molecule has 0 bridgehead atoms. The molecular formula is C13H26O3. The van der Waals surface area contributed by atoms with Crippen LogP contribution in [0.1, 0.15) is 65.7 Å². The summed E-state index contributed by atoms with van der Waals surface area (Å²) in [6.45, 7) is 6.34. The lowest BCUT2D eigenvalue weighted by Crippen LogP contribution is -2.39. The number of hydrogen-bond donors (Lipinski definition) is 1. The van der Waals surface area contributed by atoms with Crippen LogP contribution in [0.3, 0.4) is 0 Å². The second-order valence-electron chi connectivity index (χ2n) is 4.33. The molecule has 16 heavy (non-hydrogen) atoms. The molecule has 3 nitrogen and oxygen atoms in total. The maximum absolute atomic E-state index is 11.6. The lowest BCUT2D eigenvalue weighted by molar-refractivity contribution is -0.166. The Morgan fingerprint density at radius 2 is 1.81 bits per heavy atom. The van der Waals surface area contributed by atoms with Gasteiger partial charge in [0, 0.05) is 0 Å². The molecule has 0 aromatic rings. The Bertz CT molecular complexity index is 192. The summed E-state index contributed by atoms with van der Waals surface area (Å²) in [6.07, 6.45) is 6.02. The Labute approximate surface area is 99.2 Å². The van der Waals surface area contributed by atoms with Gasteiger partial charge >= 0.3 is 5.97 Å². The van der Waals surface area contributed by atoms with Gasteiger partial charge in [0.15, 0.2) is 5.60 Å². The fourth-order valence-electron chi connectivity index (χ4n) is 1.66. The van der Waals surface area contributed by atoms with Crippen molar-refractivity contribution < 1.29 is 14.6 Å². The summed E-state index contributed by atoms with van der Waals surface area (Å²) in [5.41, 5.74) is -1.26. The van der Waals surface area contributed by atoms with Gasteiger partial charge in [-0.3, -0.25) is 0 Å². The molecule has 96 valence electrons. The molecule has 1 N–H and O–H groups in total. The predicted octanol–water partition coefficient (Wildman–Crippen LogP) is 3.05. The second kappa shape index (κ2) is 8.57. The van der Waals surface area contributed by atoms with Crippen LogP contribution < -0.4 is 0 Å². The van der Waals surface area contributed by atoms with Crippen molar-refractivity contribution in [2.75, 3.05) is 6.61 Å². The highest BCUT2D eigenvalue weighted by molar-refractivity contribution is 5.79. The highest BCUT2D eigenvalue weighted by atomic mass is 16.5. The van der Waals surface area contributed by atoms with Crippen molar-refractivity contribution in [2.45, 2.75) is 71.3 Å². The molecule has 1 unspecified atom stereocenters. The van der Waals surface area contributed by atoms with E-state index in [4.69, 9.17) is 4.74 Å². The average Bonchev–Trinajstić information content (AvgIpc) is 2.28. The van der Waals surface area contributed by atoms with Crippen LogP contribution in [0.2, 0.25) is 0 Å². The second-order valence-corrected chi connectivity index (χ2v) is 4.33. The van der Waals surface area contributed by atoms with Crippen molar-refractivity contribution in [3.05, 3.63) is 0 Å². The van der Waals surface area contributed by atoms with Crippen LogP contribution in [-0.4, -0.2) is 23.3 Å². The van der Waals surface area contributed by atoms with E-state index < -0.39 is 11.6 Å². The molecule has 0 aliphatic heterocycles. The summed E-state index contributed by atoms with van der Waals surface area (Å²) in [7, 11) is 0. The summed E-state index contributed by atoms with van der Waals surface area (Å²) < 4.78 is 5.11. The Morgan fingerprint density at radius 1 is 1.12 bits per heavy atom. The molecule has 0 aromatic heterocycles. The third kappa shape index (κ3) is 5.50. The fraction of sp³-hybridized carbons (Fsp3) is 0.923. The van der Waals surface area contributed by atoms with Crippen LogP contribution in [0.5, 0.6) is 0 Å². The van der Waals surface area contributed by atoms with Gasteiger partial charge in [-0.25, -0.2) is 4.79 Å². The zero-order valence-electron chi connectivity index (χ0n) is 10.9. The van der Waals surface area contributed by atoms with Crippen molar-refractivity contribution in [1.82, 2.24) is 0 Å². The first-order valence-electron chi connectivity index (χ1n) is 6.50. The number of rotatable bonds is 9. The van der Waals surface area contributed by atoms with Crippen molar-refractivity contribution >= 4 is 5.97 Å². The number of unbranched alkanes of at least 4 members (excludes halogenated alkanes) is 3. The first kappa shape index (κ1) is 15.4. The third-order valence-corrected chi connectivity index (χ3v) is 2.86. The number of carbonyl (C=O) groups is 1. The zero-order chi connectivity index (χ0) is 12.4. The van der Waals surface area contributed by atoms with E-state index in [1.54, 1.807) is 0 Å². The molecule has 0 saturated heterocycles. The fourth-order valence-corrected chi connectivity index (χ4v) is 1.66. The van der Waals surface area contributed by atoms with Gasteiger partial charge in [0.25, 0.3) is 0 Å². The molecule has 0 spiro atoms. The number of carbonyl (C=O) groups excluding carboxylic acids is 1. The molecule has 0 aliphatic rings. The van der Waals surface area contributed by atoms with Gasteiger partial charge in [-0.2, -0.15) is 0 Å². The topological polar surface area (TPSA) is 46.5 Å². The van der Waals surface area contributed by atoms with Gasteiger partial charge in [-0.05, 0) is 19.3 Å². The number of hydrogen-bond acceptors (Lipinski definition) is 3. The first-order valence-corrected chi connectivity index (χ1v) is 6.50. The van der Waals surface area contributed by atoms with E-state index in [-0.39, 0.29) is 0 Å². The van der Waals surface area contributed by atoms with E-state index in [1.807, 2.05) is 13.8 Å². The van der Waals surface area contributed by atoms with Gasteiger partial charge < -0.3 is 9.84 Å². The van der Waals surface area contributed by atoms with Crippen molar-refractivity contribution in [2.24, 2.45) is 0 Å². The molecule has 3 heteroatoms. The lowest BCUT2D eigenvalue weighted by atomic mass is 9.95. The van der Waals surface area contributed by atoms with Crippen molar-refractivity contribution in [3.63, 3.8) is 0 Å². The van der Waals surface area contributed by atoms with E-state index in [1.165, 1.54) is 12.8 Å². The van der Waals surface area contributed by atoms with Crippen LogP contribution in [0, 0.1) is 0 Å². The normalized spacial score (nSPS) is 14.5. The maximum atomic E-state index is 11.6. The maximum Gasteiger partial charge on any atom is 0.338 e. The molecule has 0 aliphatic carbocycles. The van der Waals surface area contributed by atoms with Crippen LogP contribution in [-0.2, 0) is 9.53 Å². The molecule has 0 saturated carbocycles. The summed E-state index contributed by atoms with van der Waals surface area (Å²) in [6, 6.07) is 0. The van der Waals surface area contributed by atoms with Crippen molar-refractivity contribution in [1.29, 1.82) is 0 Å². The lowest BCUT2D eigenvalue weighted by Gasteiger charge is -2.23. The molecule has 0 fully saturated rings. The van der Waals surface area contributed by atoms with E-state index >= 15 is 0 Å². The summed E-state index contributed by atoms with van der Waals surface area (Å²) >= 11 is 0. The summed E-state index contributed by atoms with van der Waals surface area (Å²) in [5, 5.41) is 10.0. The minimum Gasteiger partial charge on any atom is -0.464 e. The largest absolute Gasteiger partial charge is 0.464 e. The van der Waals surface area contributed by atoms with Crippen LogP contribution >= 0.6 is 0 Å². The van der Waals surface area contributed by atoms with E-state index in [2.05, 4.69) is 6.92 Å². The minimum atomic E-state index is -1.26. The van der Waals surface area contributed by atoms with Crippen LogP contribution in [0.15, 0.2) is 0 Å². The molecule has 1 atom stereocenters. The Morgan fingerprint density at radius 3 is 2.31 bits per heavy atom. The van der Waals surface area contributed by atoms with E-state index in [9.17, 15) is 9.90 Å². The zero-order valence-corrected chi connectivity index (χ0v) is 10.9. The smallest absolute Gasteiger partial charge is 0.338 e. The monoisotopic (exact) mass is 230 g/mol. The Kier molecular flexibility index (Phi) is 8.26. The highest BCUT2D eigenvalue weighted by Crippen LogP contribution is 2.19. The predicted molar refractivity (Wildman–Crippen MR) is 65.2 cm³/mol. The molecule has 0 aromatic carbocycles. The number of aliphatic hydroxyl groups is 1. The average molecular weight is 230 g/mol. The van der Waals surface area contributed by atoms with Crippen LogP contribution in [0.25, 0.3) is 0 Å². The standard InChI is InChI=1S/C13H26O3/c1-4-7-8-9-11-16-12(14)13(15,6-3)10-5-2/h15H,4-11H2,1-3H3. The molecule has 0 heterocycles. The van der Waals surface area contributed by atoms with Gasteiger partial charge in [0.2, 0.25) is 0 Å². The molecule has 0 amide bonds. The summed E-state index contributed by atoms with van der Waals surface area (Å²) in [5.74, 6) is -0.451. The number of esters is 1. The van der Waals surface area contributed by atoms with Crippen molar-refractivity contribution in [3.8, 4) is 0 Å². The number of ether oxygens (including phenoxy) is 1. The quantitative estimate of drug-likeness (QED) is 0.489. The van der Waals surface area contributed by atoms with Gasteiger partial charge in [0.05, 0.1) is 6.61 Å². The SMILES string of the molecule is CCCCCCOC(=O)C(O)(CC)CCC. The molecule has 0 rings (SSSR count). The van der Waals surface area contributed by atoms with E-state index in [0.29, 0.717) is 19.4 Å².